The number of nitrogens with zero attached hydrogens (tertiary/aromatic N) is 3. The Kier molecular flexibility index (Phi) is 5.28. The molecule has 3 heterocycles. The lowest BCUT2D eigenvalue weighted by Gasteiger charge is -2.36. The van der Waals surface area contributed by atoms with Crippen molar-refractivity contribution < 1.29 is 9.21 Å². The first-order valence-corrected chi connectivity index (χ1v) is 9.51. The Balaban J connectivity index is 1.36. The van der Waals surface area contributed by atoms with Gasteiger partial charge >= 0.3 is 0 Å². The summed E-state index contributed by atoms with van der Waals surface area (Å²) < 4.78 is 5.32. The summed E-state index contributed by atoms with van der Waals surface area (Å²) in [7, 11) is 0. The number of carbonyl (C=O) groups excluding carboxylic acids is 1. The lowest BCUT2D eigenvalue weighted by Crippen LogP contribution is -2.48. The Morgan fingerprint density at radius 2 is 1.96 bits per heavy atom. The number of rotatable bonds is 5. The van der Waals surface area contributed by atoms with Crippen molar-refractivity contribution in [3.63, 3.8) is 0 Å². The van der Waals surface area contributed by atoms with E-state index in [0.717, 1.165) is 24.5 Å². The fourth-order valence-electron chi connectivity index (χ4n) is 3.43. The number of benzene rings is 1. The Morgan fingerprint density at radius 3 is 2.71 bits per heavy atom. The predicted molar refractivity (Wildman–Crippen MR) is 110 cm³/mol. The van der Waals surface area contributed by atoms with E-state index in [4.69, 9.17) is 4.42 Å². The maximum atomic E-state index is 12.9. The molecule has 0 saturated carbocycles. The molecule has 0 unspecified atom stereocenters. The number of pyridine rings is 1. The first kappa shape index (κ1) is 18.1. The van der Waals surface area contributed by atoms with Crippen LogP contribution >= 0.6 is 0 Å². The second kappa shape index (κ2) is 8.17. The van der Waals surface area contributed by atoms with E-state index in [1.807, 2.05) is 23.1 Å². The number of nitrogens with one attached hydrogen (secondary N) is 1. The molecule has 0 atom stereocenters. The molecular formula is C22H24N4O2. The van der Waals surface area contributed by atoms with Crippen molar-refractivity contribution in [1.82, 2.24) is 9.88 Å². The van der Waals surface area contributed by atoms with E-state index in [2.05, 4.69) is 46.4 Å². The van der Waals surface area contributed by atoms with Crippen molar-refractivity contribution in [3.8, 4) is 0 Å². The van der Waals surface area contributed by atoms with Crippen molar-refractivity contribution in [2.24, 2.45) is 0 Å². The van der Waals surface area contributed by atoms with E-state index in [1.54, 1.807) is 18.7 Å². The summed E-state index contributed by atoms with van der Waals surface area (Å²) in [5.74, 6) is 0.863. The quantitative estimate of drug-likeness (QED) is 0.738. The summed E-state index contributed by atoms with van der Waals surface area (Å²) in [4.78, 5) is 21.4. The number of hydrogen-bond acceptors (Lipinski definition) is 5. The Morgan fingerprint density at radius 1 is 1.11 bits per heavy atom. The number of amides is 1. The van der Waals surface area contributed by atoms with Crippen molar-refractivity contribution >= 4 is 17.3 Å². The minimum Gasteiger partial charge on any atom is -0.467 e. The van der Waals surface area contributed by atoms with Crippen molar-refractivity contribution in [2.45, 2.75) is 13.5 Å². The average molecular weight is 376 g/mol. The van der Waals surface area contributed by atoms with Crippen LogP contribution in [0.4, 0.5) is 11.4 Å². The van der Waals surface area contributed by atoms with E-state index in [-0.39, 0.29) is 5.91 Å². The standard InChI is InChI=1S/C22H24N4O2/c1-17-4-2-5-20(12-17)25-7-9-26(10-8-25)22(27)18-13-19(15-23-14-18)24-16-21-6-3-11-28-21/h2-6,11-15,24H,7-10,16H2,1H3. The molecule has 0 aliphatic carbocycles. The first-order valence-electron chi connectivity index (χ1n) is 9.51. The molecule has 3 aromatic rings. The summed E-state index contributed by atoms with van der Waals surface area (Å²) in [6.07, 6.45) is 4.99. The highest BCUT2D eigenvalue weighted by atomic mass is 16.3. The van der Waals surface area contributed by atoms with Crippen LogP contribution in [0.3, 0.4) is 0 Å². The van der Waals surface area contributed by atoms with Crippen LogP contribution in [-0.4, -0.2) is 42.0 Å². The number of piperazine rings is 1. The van der Waals surface area contributed by atoms with Crippen LogP contribution < -0.4 is 10.2 Å². The molecule has 0 bridgehead atoms. The molecule has 1 saturated heterocycles. The van der Waals surface area contributed by atoms with Gasteiger partial charge < -0.3 is 19.5 Å². The number of hydrogen-bond donors (Lipinski definition) is 1. The molecule has 2 aromatic heterocycles. The molecule has 1 N–H and O–H groups in total. The summed E-state index contributed by atoms with van der Waals surface area (Å²) in [5, 5.41) is 3.24. The fraction of sp³-hybridized carbons (Fsp3) is 0.273. The van der Waals surface area contributed by atoms with Gasteiger partial charge in [0, 0.05) is 44.3 Å². The molecule has 144 valence electrons. The third kappa shape index (κ3) is 4.17. The Labute approximate surface area is 164 Å². The molecule has 1 fully saturated rings. The minimum absolute atomic E-state index is 0.0260. The zero-order chi connectivity index (χ0) is 19.3. The van der Waals surface area contributed by atoms with Crippen LogP contribution in [0.1, 0.15) is 21.7 Å². The molecule has 4 rings (SSSR count). The number of anilines is 2. The van der Waals surface area contributed by atoms with Gasteiger partial charge in [0.05, 0.1) is 24.1 Å². The van der Waals surface area contributed by atoms with Gasteiger partial charge in [-0.3, -0.25) is 9.78 Å². The average Bonchev–Trinajstić information content (AvgIpc) is 3.26. The van der Waals surface area contributed by atoms with Gasteiger partial charge in [-0.2, -0.15) is 0 Å². The molecule has 6 heteroatoms. The van der Waals surface area contributed by atoms with Crippen LogP contribution in [0.5, 0.6) is 0 Å². The van der Waals surface area contributed by atoms with E-state index in [1.165, 1.54) is 11.3 Å². The van der Waals surface area contributed by atoms with E-state index < -0.39 is 0 Å². The van der Waals surface area contributed by atoms with E-state index in [0.29, 0.717) is 25.2 Å². The number of aromatic nitrogens is 1. The van der Waals surface area contributed by atoms with Crippen LogP contribution in [0, 0.1) is 6.92 Å². The van der Waals surface area contributed by atoms with Gasteiger partial charge in [0.2, 0.25) is 0 Å². The van der Waals surface area contributed by atoms with Gasteiger partial charge in [0.25, 0.3) is 5.91 Å². The number of carbonyl (C=O) groups is 1. The molecule has 28 heavy (non-hydrogen) atoms. The highest BCUT2D eigenvalue weighted by Gasteiger charge is 2.22. The molecule has 1 amide bonds. The second-order valence-electron chi connectivity index (χ2n) is 7.01. The van der Waals surface area contributed by atoms with Gasteiger partial charge in [-0.15, -0.1) is 0 Å². The Bertz CT molecular complexity index is 931. The smallest absolute Gasteiger partial charge is 0.255 e. The van der Waals surface area contributed by atoms with Crippen LogP contribution in [-0.2, 0) is 6.54 Å². The molecule has 6 nitrogen and oxygen atoms in total. The van der Waals surface area contributed by atoms with Crippen LogP contribution in [0.25, 0.3) is 0 Å². The third-order valence-corrected chi connectivity index (χ3v) is 4.97. The molecule has 0 radical (unpaired) electrons. The highest BCUT2D eigenvalue weighted by Crippen LogP contribution is 2.19. The zero-order valence-electron chi connectivity index (χ0n) is 16.0. The largest absolute Gasteiger partial charge is 0.467 e. The SMILES string of the molecule is Cc1cccc(N2CCN(C(=O)c3cncc(NCc4ccco4)c3)CC2)c1. The molecule has 1 aliphatic heterocycles. The lowest BCUT2D eigenvalue weighted by molar-refractivity contribution is 0.0746. The maximum Gasteiger partial charge on any atom is 0.255 e. The molecular weight excluding hydrogens is 352 g/mol. The summed E-state index contributed by atoms with van der Waals surface area (Å²) in [6.45, 7) is 5.73. The molecule has 0 spiro atoms. The predicted octanol–water partition coefficient (Wildman–Crippen LogP) is 3.56. The van der Waals surface area contributed by atoms with Gasteiger partial charge in [0.1, 0.15) is 5.76 Å². The van der Waals surface area contributed by atoms with Crippen LogP contribution in [0.2, 0.25) is 0 Å². The summed E-state index contributed by atoms with van der Waals surface area (Å²) in [5.41, 5.74) is 3.88. The van der Waals surface area contributed by atoms with Crippen molar-refractivity contribution in [3.05, 3.63) is 78.0 Å². The lowest BCUT2D eigenvalue weighted by atomic mass is 10.1. The first-order chi connectivity index (χ1) is 13.7. The zero-order valence-corrected chi connectivity index (χ0v) is 16.0. The topological polar surface area (TPSA) is 61.6 Å². The van der Waals surface area contributed by atoms with Crippen molar-refractivity contribution in [1.29, 1.82) is 0 Å². The van der Waals surface area contributed by atoms with E-state index >= 15 is 0 Å². The normalized spacial score (nSPS) is 14.2. The van der Waals surface area contributed by atoms with E-state index in [9.17, 15) is 4.79 Å². The fourth-order valence-corrected chi connectivity index (χ4v) is 3.43. The molecule has 1 aromatic carbocycles. The van der Waals surface area contributed by atoms with Gasteiger partial charge in [0.15, 0.2) is 0 Å². The second-order valence-corrected chi connectivity index (χ2v) is 7.01. The highest BCUT2D eigenvalue weighted by molar-refractivity contribution is 5.95. The summed E-state index contributed by atoms with van der Waals surface area (Å²) >= 11 is 0. The monoisotopic (exact) mass is 376 g/mol. The Hall–Kier alpha value is -3.28. The number of furan rings is 1. The number of aryl methyl sites for hydroxylation is 1. The summed E-state index contributed by atoms with van der Waals surface area (Å²) in [6, 6.07) is 14.1. The minimum atomic E-state index is 0.0260. The van der Waals surface area contributed by atoms with Gasteiger partial charge in [-0.25, -0.2) is 0 Å². The van der Waals surface area contributed by atoms with Crippen molar-refractivity contribution in [2.75, 3.05) is 36.4 Å². The maximum absolute atomic E-state index is 12.9. The van der Waals surface area contributed by atoms with Gasteiger partial charge in [-0.05, 0) is 42.8 Å². The third-order valence-electron chi connectivity index (χ3n) is 4.97. The van der Waals surface area contributed by atoms with Crippen LogP contribution in [0.15, 0.2) is 65.5 Å². The van der Waals surface area contributed by atoms with Gasteiger partial charge in [-0.1, -0.05) is 12.1 Å². The molecule has 1 aliphatic rings.